The standard InChI is InChI=1S/C50H55ClN2/c1-34-15-26-40(27-16-34)52(41-30-23-38(24-31-41)49(6,7)8)45-13-12-14-46(47(45)51)53(42-28-17-35(2)18-29-42)44-32-25-39(50(9,10)11)33-43(44)36-19-21-37(22-20-36)48(3,4)5/h12-33H,1-11H3. The molecule has 0 aliphatic carbocycles. The van der Waals surface area contributed by atoms with E-state index in [2.05, 4.69) is 219 Å². The Morgan fingerprint density at radius 3 is 1.23 bits per heavy atom. The molecule has 0 saturated carbocycles. The first-order valence-electron chi connectivity index (χ1n) is 18.8. The average molecular weight is 719 g/mol. The molecule has 0 aromatic heterocycles. The van der Waals surface area contributed by atoms with E-state index in [1.807, 2.05) is 0 Å². The van der Waals surface area contributed by atoms with E-state index in [9.17, 15) is 0 Å². The van der Waals surface area contributed by atoms with Crippen LogP contribution < -0.4 is 9.80 Å². The molecule has 6 rings (SSSR count). The molecule has 6 aromatic rings. The number of aryl methyl sites for hydroxylation is 2. The SMILES string of the molecule is Cc1ccc(N(c2ccc(C(C)(C)C)cc2)c2cccc(N(c3ccc(C)cc3)c3ccc(C(C)(C)C)cc3-c3ccc(C(C)(C)C)cc3)c2Cl)cc1. The smallest absolute Gasteiger partial charge is 0.0887 e. The molecular formula is C50H55ClN2. The average Bonchev–Trinajstić information content (AvgIpc) is 3.10. The second-order valence-corrected chi connectivity index (χ2v) is 17.9. The highest BCUT2D eigenvalue weighted by molar-refractivity contribution is 6.36. The van der Waals surface area contributed by atoms with Gasteiger partial charge in [-0.3, -0.25) is 0 Å². The summed E-state index contributed by atoms with van der Waals surface area (Å²) >= 11 is 7.75. The highest BCUT2D eigenvalue weighted by Gasteiger charge is 2.26. The third kappa shape index (κ3) is 8.24. The molecule has 0 N–H and O–H groups in total. The van der Waals surface area contributed by atoms with E-state index < -0.39 is 0 Å². The van der Waals surface area contributed by atoms with Gasteiger partial charge in [-0.2, -0.15) is 0 Å². The van der Waals surface area contributed by atoms with E-state index in [-0.39, 0.29) is 16.2 Å². The number of rotatable bonds is 7. The van der Waals surface area contributed by atoms with E-state index in [1.165, 1.54) is 33.4 Å². The summed E-state index contributed by atoms with van der Waals surface area (Å²) in [6.07, 6.45) is 0. The van der Waals surface area contributed by atoms with Gasteiger partial charge in [0.15, 0.2) is 0 Å². The first-order valence-corrected chi connectivity index (χ1v) is 19.2. The molecule has 0 spiro atoms. The van der Waals surface area contributed by atoms with Gasteiger partial charge in [-0.05, 0) is 113 Å². The molecule has 0 bridgehead atoms. The predicted molar refractivity (Wildman–Crippen MR) is 232 cm³/mol. The lowest BCUT2D eigenvalue weighted by atomic mass is 9.83. The molecule has 3 heteroatoms. The van der Waals surface area contributed by atoms with E-state index >= 15 is 0 Å². The maximum absolute atomic E-state index is 7.75. The topological polar surface area (TPSA) is 6.48 Å². The molecule has 0 unspecified atom stereocenters. The van der Waals surface area contributed by atoms with Gasteiger partial charge in [0.05, 0.1) is 22.1 Å². The van der Waals surface area contributed by atoms with Crippen LogP contribution in [-0.2, 0) is 16.2 Å². The van der Waals surface area contributed by atoms with Gasteiger partial charge in [-0.15, -0.1) is 0 Å². The first kappa shape index (κ1) is 38.0. The van der Waals surface area contributed by atoms with E-state index in [0.717, 1.165) is 39.7 Å². The van der Waals surface area contributed by atoms with Gasteiger partial charge in [-0.1, -0.05) is 158 Å². The van der Waals surface area contributed by atoms with Crippen molar-refractivity contribution in [3.8, 4) is 11.1 Å². The third-order valence-electron chi connectivity index (χ3n) is 10.2. The van der Waals surface area contributed by atoms with Gasteiger partial charge in [0.2, 0.25) is 0 Å². The van der Waals surface area contributed by atoms with Crippen molar-refractivity contribution in [1.29, 1.82) is 0 Å². The molecule has 0 amide bonds. The van der Waals surface area contributed by atoms with Crippen LogP contribution in [0.15, 0.2) is 133 Å². The van der Waals surface area contributed by atoms with Crippen molar-refractivity contribution >= 4 is 45.7 Å². The van der Waals surface area contributed by atoms with Gasteiger partial charge < -0.3 is 9.80 Å². The zero-order valence-corrected chi connectivity index (χ0v) is 34.2. The molecule has 0 atom stereocenters. The quantitative estimate of drug-likeness (QED) is 0.162. The number of benzene rings is 6. The molecule has 6 aromatic carbocycles. The van der Waals surface area contributed by atoms with Crippen LogP contribution in [-0.4, -0.2) is 0 Å². The number of hydrogen-bond acceptors (Lipinski definition) is 2. The fourth-order valence-corrected chi connectivity index (χ4v) is 7.06. The Bertz CT molecular complexity index is 2170. The first-order chi connectivity index (χ1) is 24.9. The molecule has 53 heavy (non-hydrogen) atoms. The van der Waals surface area contributed by atoms with Crippen LogP contribution in [0.5, 0.6) is 0 Å². The van der Waals surface area contributed by atoms with Gasteiger partial charge in [0, 0.05) is 22.6 Å². The Labute approximate surface area is 324 Å². The Hall–Kier alpha value is -4.79. The normalized spacial score (nSPS) is 12.2. The summed E-state index contributed by atoms with van der Waals surface area (Å²) in [7, 11) is 0. The molecule has 0 aliphatic rings. The zero-order valence-electron chi connectivity index (χ0n) is 33.5. The number of nitrogens with zero attached hydrogens (tertiary/aromatic N) is 2. The lowest BCUT2D eigenvalue weighted by Gasteiger charge is -2.33. The minimum Gasteiger partial charge on any atom is -0.309 e. The number of hydrogen-bond donors (Lipinski definition) is 0. The van der Waals surface area contributed by atoms with Crippen molar-refractivity contribution in [3.63, 3.8) is 0 Å². The van der Waals surface area contributed by atoms with Crippen molar-refractivity contribution in [2.24, 2.45) is 0 Å². The van der Waals surface area contributed by atoms with Gasteiger partial charge in [0.25, 0.3) is 0 Å². The Morgan fingerprint density at radius 1 is 0.396 bits per heavy atom. The fraction of sp³-hybridized carbons (Fsp3) is 0.280. The number of anilines is 6. The lowest BCUT2D eigenvalue weighted by molar-refractivity contribution is 0.590. The Kier molecular flexibility index (Phi) is 10.4. The van der Waals surface area contributed by atoms with Crippen molar-refractivity contribution in [2.75, 3.05) is 9.80 Å². The molecule has 0 aliphatic heterocycles. The van der Waals surface area contributed by atoms with Crippen molar-refractivity contribution in [1.82, 2.24) is 0 Å². The molecule has 272 valence electrons. The van der Waals surface area contributed by atoms with Gasteiger partial charge in [0.1, 0.15) is 0 Å². The molecule has 0 saturated heterocycles. The highest BCUT2D eigenvalue weighted by Crippen LogP contribution is 2.49. The van der Waals surface area contributed by atoms with Gasteiger partial charge >= 0.3 is 0 Å². The minimum atomic E-state index is -0.0258. The summed E-state index contributed by atoms with van der Waals surface area (Å²) in [5, 5.41) is 0.669. The van der Waals surface area contributed by atoms with E-state index in [0.29, 0.717) is 5.02 Å². The Balaban J connectivity index is 1.60. The van der Waals surface area contributed by atoms with E-state index in [1.54, 1.807) is 0 Å². The summed E-state index contributed by atoms with van der Waals surface area (Å²) in [5.41, 5.74) is 14.8. The molecule has 0 radical (unpaired) electrons. The fourth-order valence-electron chi connectivity index (χ4n) is 6.77. The molecule has 0 heterocycles. The van der Waals surface area contributed by atoms with Crippen LogP contribution in [0.3, 0.4) is 0 Å². The predicted octanol–water partition coefficient (Wildman–Crippen LogP) is 15.5. The van der Waals surface area contributed by atoms with Crippen LogP contribution in [0.4, 0.5) is 34.1 Å². The maximum Gasteiger partial charge on any atom is 0.0887 e. The molecular weight excluding hydrogens is 664 g/mol. The highest BCUT2D eigenvalue weighted by atomic mass is 35.5. The summed E-state index contributed by atoms with van der Waals surface area (Å²) < 4.78 is 0. The summed E-state index contributed by atoms with van der Waals surface area (Å²) in [4.78, 5) is 4.61. The lowest BCUT2D eigenvalue weighted by Crippen LogP contribution is -2.17. The van der Waals surface area contributed by atoms with E-state index in [4.69, 9.17) is 11.6 Å². The Morgan fingerprint density at radius 2 is 0.774 bits per heavy atom. The monoisotopic (exact) mass is 718 g/mol. The van der Waals surface area contributed by atoms with Gasteiger partial charge in [-0.25, -0.2) is 0 Å². The second-order valence-electron chi connectivity index (χ2n) is 17.6. The minimum absolute atomic E-state index is 0.0258. The van der Waals surface area contributed by atoms with Crippen LogP contribution >= 0.6 is 11.6 Å². The zero-order chi connectivity index (χ0) is 38.3. The van der Waals surface area contributed by atoms with Crippen molar-refractivity contribution in [3.05, 3.63) is 166 Å². The second kappa shape index (κ2) is 14.6. The van der Waals surface area contributed by atoms with Crippen molar-refractivity contribution < 1.29 is 0 Å². The van der Waals surface area contributed by atoms with Crippen molar-refractivity contribution in [2.45, 2.75) is 92.4 Å². The molecule has 2 nitrogen and oxygen atoms in total. The van der Waals surface area contributed by atoms with Crippen LogP contribution in [0, 0.1) is 13.8 Å². The van der Waals surface area contributed by atoms with Crippen LogP contribution in [0.2, 0.25) is 5.02 Å². The number of halogens is 1. The maximum atomic E-state index is 7.75. The summed E-state index contributed by atoms with van der Waals surface area (Å²) in [5.74, 6) is 0. The molecule has 0 fully saturated rings. The summed E-state index contributed by atoms with van der Waals surface area (Å²) in [6, 6.07) is 48.8. The third-order valence-corrected chi connectivity index (χ3v) is 10.6. The summed E-state index contributed by atoms with van der Waals surface area (Å²) in [6.45, 7) is 24.6. The largest absolute Gasteiger partial charge is 0.309 e. The van der Waals surface area contributed by atoms with Crippen LogP contribution in [0.1, 0.15) is 90.1 Å². The van der Waals surface area contributed by atoms with Crippen LogP contribution in [0.25, 0.3) is 11.1 Å².